The Balaban J connectivity index is 2.06. The van der Waals surface area contributed by atoms with E-state index in [4.69, 9.17) is 15.7 Å². The van der Waals surface area contributed by atoms with Gasteiger partial charge in [0.25, 0.3) is 0 Å². The monoisotopic (exact) mass is 265 g/mol. The molecule has 100 valence electrons. The zero-order valence-corrected chi connectivity index (χ0v) is 11.0. The predicted octanol–water partition coefficient (Wildman–Crippen LogP) is 3.06. The van der Waals surface area contributed by atoms with Crippen molar-refractivity contribution in [2.75, 3.05) is 23.8 Å². The molecule has 3 rings (SSSR count). The zero-order valence-electron chi connectivity index (χ0n) is 11.0. The number of nitrogens with zero attached hydrogens (tertiary/aromatic N) is 2. The summed E-state index contributed by atoms with van der Waals surface area (Å²) in [5.74, 6) is 0.882. The summed E-state index contributed by atoms with van der Waals surface area (Å²) in [5, 5.41) is 8.96. The first-order chi connectivity index (χ1) is 9.79. The molecule has 1 heterocycles. The van der Waals surface area contributed by atoms with Crippen LogP contribution in [0.4, 0.5) is 17.1 Å². The number of hydrogen-bond donors (Lipinski definition) is 1. The maximum absolute atomic E-state index is 8.96. The van der Waals surface area contributed by atoms with Crippen LogP contribution in [0.15, 0.2) is 42.5 Å². The minimum atomic E-state index is 0.507. The highest BCUT2D eigenvalue weighted by molar-refractivity contribution is 5.73. The van der Waals surface area contributed by atoms with Gasteiger partial charge in [-0.05, 0) is 36.8 Å². The van der Waals surface area contributed by atoms with Crippen LogP contribution in [-0.2, 0) is 0 Å². The van der Waals surface area contributed by atoms with Crippen LogP contribution in [0.2, 0.25) is 0 Å². The number of nitrogen functional groups attached to an aromatic ring is 1. The molecule has 2 aromatic rings. The minimum absolute atomic E-state index is 0.507. The standard InChI is InChI=1S/C16H15N3O/c17-11-12-6-7-13(10-14(12)18)19-8-3-9-20-16-5-2-1-4-15(16)19/h1-2,4-7,10H,3,8-9,18H2. The van der Waals surface area contributed by atoms with E-state index in [0.29, 0.717) is 17.9 Å². The van der Waals surface area contributed by atoms with Crippen molar-refractivity contribution in [1.82, 2.24) is 0 Å². The normalized spacial score (nSPS) is 13.8. The summed E-state index contributed by atoms with van der Waals surface area (Å²) in [5.41, 5.74) is 8.95. The number of hydrogen-bond acceptors (Lipinski definition) is 4. The largest absolute Gasteiger partial charge is 0.491 e. The number of rotatable bonds is 1. The molecule has 4 heteroatoms. The average molecular weight is 265 g/mol. The van der Waals surface area contributed by atoms with Gasteiger partial charge < -0.3 is 15.4 Å². The molecule has 2 N–H and O–H groups in total. The summed E-state index contributed by atoms with van der Waals surface area (Å²) < 4.78 is 5.75. The summed E-state index contributed by atoms with van der Waals surface area (Å²) in [6.45, 7) is 1.57. The number of nitriles is 1. The Morgan fingerprint density at radius 2 is 2.05 bits per heavy atom. The lowest BCUT2D eigenvalue weighted by Gasteiger charge is -2.24. The van der Waals surface area contributed by atoms with Gasteiger partial charge in [-0.2, -0.15) is 5.26 Å². The molecule has 0 amide bonds. The molecule has 0 saturated carbocycles. The van der Waals surface area contributed by atoms with Crippen molar-refractivity contribution in [3.8, 4) is 11.8 Å². The van der Waals surface area contributed by atoms with Crippen molar-refractivity contribution in [1.29, 1.82) is 5.26 Å². The van der Waals surface area contributed by atoms with E-state index in [-0.39, 0.29) is 0 Å². The molecule has 4 nitrogen and oxygen atoms in total. The Morgan fingerprint density at radius 1 is 1.20 bits per heavy atom. The van der Waals surface area contributed by atoms with E-state index in [1.807, 2.05) is 36.4 Å². The Bertz CT molecular complexity index is 676. The van der Waals surface area contributed by atoms with Gasteiger partial charge in [-0.1, -0.05) is 12.1 Å². The maximum Gasteiger partial charge on any atom is 0.142 e. The number of nitrogens with two attached hydrogens (primary N) is 1. The maximum atomic E-state index is 8.96. The van der Waals surface area contributed by atoms with Gasteiger partial charge in [-0.3, -0.25) is 0 Å². The van der Waals surface area contributed by atoms with Crippen molar-refractivity contribution in [3.63, 3.8) is 0 Å². The third-order valence-corrected chi connectivity index (χ3v) is 3.41. The molecule has 0 fully saturated rings. The third-order valence-electron chi connectivity index (χ3n) is 3.41. The van der Waals surface area contributed by atoms with E-state index in [2.05, 4.69) is 11.0 Å². The van der Waals surface area contributed by atoms with Gasteiger partial charge in [0.2, 0.25) is 0 Å². The van der Waals surface area contributed by atoms with Crippen LogP contribution in [0.5, 0.6) is 5.75 Å². The molecule has 0 aromatic heterocycles. The molecule has 0 saturated heterocycles. The van der Waals surface area contributed by atoms with Gasteiger partial charge in [0, 0.05) is 12.2 Å². The molecule has 1 aliphatic heterocycles. The van der Waals surface area contributed by atoms with Crippen LogP contribution in [0, 0.1) is 11.3 Å². The third kappa shape index (κ3) is 2.14. The molecule has 0 spiro atoms. The predicted molar refractivity (Wildman–Crippen MR) is 79.1 cm³/mol. The van der Waals surface area contributed by atoms with Crippen molar-refractivity contribution in [2.45, 2.75) is 6.42 Å². The highest BCUT2D eigenvalue weighted by Crippen LogP contribution is 2.36. The zero-order chi connectivity index (χ0) is 13.9. The minimum Gasteiger partial charge on any atom is -0.491 e. The highest BCUT2D eigenvalue weighted by Gasteiger charge is 2.17. The van der Waals surface area contributed by atoms with Crippen LogP contribution in [0.3, 0.4) is 0 Å². The Hall–Kier alpha value is -2.67. The molecule has 1 aliphatic rings. The molecule has 0 bridgehead atoms. The second kappa shape index (κ2) is 5.14. The van der Waals surface area contributed by atoms with Crippen LogP contribution >= 0.6 is 0 Å². The summed E-state index contributed by atoms with van der Waals surface area (Å²) in [6, 6.07) is 15.6. The lowest BCUT2D eigenvalue weighted by atomic mass is 10.1. The summed E-state index contributed by atoms with van der Waals surface area (Å²) in [6.07, 6.45) is 0.939. The first-order valence-electron chi connectivity index (χ1n) is 6.58. The van der Waals surface area contributed by atoms with Gasteiger partial charge in [-0.15, -0.1) is 0 Å². The lowest BCUT2D eigenvalue weighted by Crippen LogP contribution is -2.17. The van der Waals surface area contributed by atoms with E-state index in [1.54, 1.807) is 6.07 Å². The average Bonchev–Trinajstić information content (AvgIpc) is 2.69. The van der Waals surface area contributed by atoms with E-state index in [1.165, 1.54) is 0 Å². The lowest BCUT2D eigenvalue weighted by molar-refractivity contribution is 0.322. The Morgan fingerprint density at radius 3 is 2.85 bits per heavy atom. The molecule has 0 atom stereocenters. The van der Waals surface area contributed by atoms with E-state index in [0.717, 1.165) is 30.1 Å². The highest BCUT2D eigenvalue weighted by atomic mass is 16.5. The molecule has 0 radical (unpaired) electrons. The van der Waals surface area contributed by atoms with Gasteiger partial charge in [0.1, 0.15) is 11.8 Å². The summed E-state index contributed by atoms with van der Waals surface area (Å²) >= 11 is 0. The molecule has 2 aromatic carbocycles. The van der Waals surface area contributed by atoms with E-state index >= 15 is 0 Å². The number of fused-ring (bicyclic) bond motifs is 1. The fourth-order valence-electron chi connectivity index (χ4n) is 2.42. The van der Waals surface area contributed by atoms with Crippen LogP contribution in [-0.4, -0.2) is 13.2 Å². The quantitative estimate of drug-likeness (QED) is 0.805. The SMILES string of the molecule is N#Cc1ccc(N2CCCOc3ccccc32)cc1N. The van der Waals surface area contributed by atoms with Gasteiger partial charge in [0.05, 0.1) is 23.5 Å². The fourth-order valence-corrected chi connectivity index (χ4v) is 2.42. The van der Waals surface area contributed by atoms with Gasteiger partial charge in [0.15, 0.2) is 0 Å². The van der Waals surface area contributed by atoms with Gasteiger partial charge >= 0.3 is 0 Å². The number of benzene rings is 2. The number of para-hydroxylation sites is 2. The van der Waals surface area contributed by atoms with Crippen LogP contribution < -0.4 is 15.4 Å². The number of anilines is 3. The van der Waals surface area contributed by atoms with Crippen molar-refractivity contribution in [3.05, 3.63) is 48.0 Å². The first-order valence-corrected chi connectivity index (χ1v) is 6.58. The Kier molecular flexibility index (Phi) is 3.18. The van der Waals surface area contributed by atoms with Crippen LogP contribution in [0.25, 0.3) is 0 Å². The molecule has 0 aliphatic carbocycles. The van der Waals surface area contributed by atoms with Crippen LogP contribution in [0.1, 0.15) is 12.0 Å². The van der Waals surface area contributed by atoms with E-state index in [9.17, 15) is 0 Å². The molecular weight excluding hydrogens is 250 g/mol. The number of ether oxygens (including phenoxy) is 1. The molecular formula is C16H15N3O. The van der Waals surface area contributed by atoms with Gasteiger partial charge in [-0.25, -0.2) is 0 Å². The first kappa shape index (κ1) is 12.4. The second-order valence-corrected chi connectivity index (χ2v) is 4.70. The van der Waals surface area contributed by atoms with Crippen molar-refractivity contribution >= 4 is 17.1 Å². The Labute approximate surface area is 118 Å². The smallest absolute Gasteiger partial charge is 0.142 e. The van der Waals surface area contributed by atoms with Crippen molar-refractivity contribution < 1.29 is 4.74 Å². The molecule has 0 unspecified atom stereocenters. The summed E-state index contributed by atoms with van der Waals surface area (Å²) in [7, 11) is 0. The summed E-state index contributed by atoms with van der Waals surface area (Å²) in [4.78, 5) is 2.18. The molecule has 20 heavy (non-hydrogen) atoms. The van der Waals surface area contributed by atoms with Crippen molar-refractivity contribution in [2.24, 2.45) is 0 Å². The second-order valence-electron chi connectivity index (χ2n) is 4.70. The fraction of sp³-hybridized carbons (Fsp3) is 0.188. The van der Waals surface area contributed by atoms with E-state index < -0.39 is 0 Å². The topological polar surface area (TPSA) is 62.3 Å².